The lowest BCUT2D eigenvalue weighted by Crippen LogP contribution is -1.85. The maximum absolute atomic E-state index is 2.24. The topological polar surface area (TPSA) is 0 Å². The van der Waals surface area contributed by atoms with Crippen molar-refractivity contribution in [3.05, 3.63) is 167 Å². The first-order chi connectivity index (χ1) is 20.3. The second kappa shape index (κ2) is 12.9. The number of hydrogen-bond donors (Lipinski definition) is 0. The molecule has 0 amide bonds. The highest BCUT2D eigenvalue weighted by molar-refractivity contribution is 5.73. The smallest absolute Gasteiger partial charge is 0.0155 e. The summed E-state index contributed by atoms with van der Waals surface area (Å²) in [7, 11) is 0. The highest BCUT2D eigenvalue weighted by Crippen LogP contribution is 2.29. The molecule has 0 saturated heterocycles. The van der Waals surface area contributed by atoms with Crippen molar-refractivity contribution >= 4 is 0 Å². The van der Waals surface area contributed by atoms with Gasteiger partial charge in [-0.1, -0.05) is 156 Å². The fourth-order valence-electron chi connectivity index (χ4n) is 5.45. The average molecular weight is 545 g/mol. The lowest BCUT2D eigenvalue weighted by Gasteiger charge is -2.09. The molecule has 208 valence electrons. The highest BCUT2D eigenvalue weighted by atomic mass is 14.1. The molecule has 42 heavy (non-hydrogen) atoms. The van der Waals surface area contributed by atoms with Gasteiger partial charge in [0.1, 0.15) is 0 Å². The van der Waals surface area contributed by atoms with Crippen molar-refractivity contribution in [2.45, 2.75) is 41.5 Å². The van der Waals surface area contributed by atoms with Gasteiger partial charge >= 0.3 is 0 Å². The molecule has 0 fully saturated rings. The van der Waals surface area contributed by atoms with Crippen LogP contribution in [0.1, 0.15) is 33.4 Å². The molecule has 0 aliphatic carbocycles. The van der Waals surface area contributed by atoms with E-state index in [4.69, 9.17) is 0 Å². The Hall–Kier alpha value is -4.68. The van der Waals surface area contributed by atoms with Gasteiger partial charge in [-0.2, -0.15) is 0 Å². The summed E-state index contributed by atoms with van der Waals surface area (Å²) < 4.78 is 0. The Kier molecular flexibility index (Phi) is 8.84. The molecule has 0 aliphatic heterocycles. The second-order valence-corrected chi connectivity index (χ2v) is 11.5. The van der Waals surface area contributed by atoms with Crippen molar-refractivity contribution in [3.8, 4) is 44.5 Å². The third-order valence-electron chi connectivity index (χ3n) is 7.93. The van der Waals surface area contributed by atoms with Gasteiger partial charge in [-0.15, -0.1) is 0 Å². The zero-order valence-electron chi connectivity index (χ0n) is 25.7. The summed E-state index contributed by atoms with van der Waals surface area (Å²) >= 11 is 0. The minimum Gasteiger partial charge on any atom is -0.0587 e. The van der Waals surface area contributed by atoms with Gasteiger partial charge in [0.25, 0.3) is 0 Å². The first-order valence-electron chi connectivity index (χ1n) is 14.8. The van der Waals surface area contributed by atoms with Gasteiger partial charge in [-0.3, -0.25) is 0 Å². The molecule has 0 aromatic heterocycles. The molecule has 0 N–H and O–H groups in total. The van der Waals surface area contributed by atoms with E-state index in [1.165, 1.54) is 77.9 Å². The van der Waals surface area contributed by atoms with Crippen LogP contribution in [0.2, 0.25) is 0 Å². The third-order valence-corrected chi connectivity index (χ3v) is 7.93. The zero-order valence-corrected chi connectivity index (χ0v) is 25.7. The predicted octanol–water partition coefficient (Wildman–Crippen LogP) is 11.9. The van der Waals surface area contributed by atoms with E-state index in [0.717, 1.165) is 0 Å². The maximum Gasteiger partial charge on any atom is -0.0155 e. The summed E-state index contributed by atoms with van der Waals surface area (Å²) in [5, 5.41) is 0. The van der Waals surface area contributed by atoms with Crippen molar-refractivity contribution in [3.63, 3.8) is 0 Å². The Balaban J connectivity index is 0.000000168. The molecule has 0 nitrogen and oxygen atoms in total. The van der Waals surface area contributed by atoms with Crippen LogP contribution < -0.4 is 0 Å². The van der Waals surface area contributed by atoms with Gasteiger partial charge in [0, 0.05) is 0 Å². The van der Waals surface area contributed by atoms with Gasteiger partial charge in [0.2, 0.25) is 0 Å². The highest BCUT2D eigenvalue weighted by Gasteiger charge is 2.05. The molecule has 6 rings (SSSR count). The SMILES string of the molecule is Cc1ccc(-c2ccc(-c3ccc(C)cc3C)cc2)cc1.Cc1ccc(-c2ccc(-c3ccc(C)cc3C)cc2)cc1. The summed E-state index contributed by atoms with van der Waals surface area (Å²) in [4.78, 5) is 0. The number of rotatable bonds is 4. The molecule has 6 aromatic carbocycles. The van der Waals surface area contributed by atoms with Crippen LogP contribution in [0.3, 0.4) is 0 Å². The van der Waals surface area contributed by atoms with Gasteiger partial charge in [-0.05, 0) is 97.2 Å². The summed E-state index contributed by atoms with van der Waals surface area (Å²) in [5.74, 6) is 0. The zero-order chi connectivity index (χ0) is 29.6. The average Bonchev–Trinajstić information content (AvgIpc) is 2.99. The Morgan fingerprint density at radius 2 is 0.476 bits per heavy atom. The van der Waals surface area contributed by atoms with Gasteiger partial charge in [0.15, 0.2) is 0 Å². The van der Waals surface area contributed by atoms with Gasteiger partial charge in [0.05, 0.1) is 0 Å². The molecule has 0 bridgehead atoms. The lowest BCUT2D eigenvalue weighted by atomic mass is 9.96. The van der Waals surface area contributed by atoms with E-state index in [-0.39, 0.29) is 0 Å². The molecule has 0 atom stereocenters. The largest absolute Gasteiger partial charge is 0.0587 e. The van der Waals surface area contributed by atoms with E-state index in [9.17, 15) is 0 Å². The van der Waals surface area contributed by atoms with Crippen molar-refractivity contribution in [1.29, 1.82) is 0 Å². The first kappa shape index (κ1) is 28.8. The lowest BCUT2D eigenvalue weighted by molar-refractivity contribution is 1.38. The Bertz CT molecular complexity index is 1630. The molecule has 0 heteroatoms. The number of aryl methyl sites for hydroxylation is 6. The van der Waals surface area contributed by atoms with E-state index < -0.39 is 0 Å². The minimum atomic E-state index is 1.27. The third kappa shape index (κ3) is 6.96. The monoisotopic (exact) mass is 544 g/mol. The van der Waals surface area contributed by atoms with Crippen LogP contribution in [0.4, 0.5) is 0 Å². The molecular formula is C42H40. The number of benzene rings is 6. The summed E-state index contributed by atoms with van der Waals surface area (Å²) in [6.45, 7) is 12.9. The fraction of sp³-hybridized carbons (Fsp3) is 0.143. The summed E-state index contributed by atoms with van der Waals surface area (Å²) in [6, 6.07) is 48.3. The molecular weight excluding hydrogens is 504 g/mol. The predicted molar refractivity (Wildman–Crippen MR) is 183 cm³/mol. The normalized spacial score (nSPS) is 10.6. The molecule has 0 unspecified atom stereocenters. The molecule has 0 aliphatic rings. The Labute approximate surface area is 252 Å². The van der Waals surface area contributed by atoms with Crippen LogP contribution in [0.25, 0.3) is 44.5 Å². The summed E-state index contributed by atoms with van der Waals surface area (Å²) in [6.07, 6.45) is 0. The van der Waals surface area contributed by atoms with Gasteiger partial charge in [-0.25, -0.2) is 0 Å². The van der Waals surface area contributed by atoms with E-state index >= 15 is 0 Å². The van der Waals surface area contributed by atoms with Gasteiger partial charge < -0.3 is 0 Å². The van der Waals surface area contributed by atoms with Crippen LogP contribution in [-0.4, -0.2) is 0 Å². The van der Waals surface area contributed by atoms with E-state index in [0.29, 0.717) is 0 Å². The van der Waals surface area contributed by atoms with Crippen molar-refractivity contribution in [1.82, 2.24) is 0 Å². The van der Waals surface area contributed by atoms with Crippen LogP contribution in [-0.2, 0) is 0 Å². The first-order valence-corrected chi connectivity index (χ1v) is 14.8. The van der Waals surface area contributed by atoms with E-state index in [1.807, 2.05) is 0 Å². The van der Waals surface area contributed by atoms with E-state index in [2.05, 4.69) is 175 Å². The van der Waals surface area contributed by atoms with Crippen molar-refractivity contribution in [2.24, 2.45) is 0 Å². The van der Waals surface area contributed by atoms with Crippen LogP contribution >= 0.6 is 0 Å². The maximum atomic E-state index is 2.24. The van der Waals surface area contributed by atoms with Crippen LogP contribution in [0.15, 0.2) is 133 Å². The quantitative estimate of drug-likeness (QED) is 0.207. The molecule has 0 saturated carbocycles. The van der Waals surface area contributed by atoms with Crippen molar-refractivity contribution in [2.75, 3.05) is 0 Å². The fourth-order valence-corrected chi connectivity index (χ4v) is 5.45. The van der Waals surface area contributed by atoms with Crippen molar-refractivity contribution < 1.29 is 0 Å². The summed E-state index contributed by atoms with van der Waals surface area (Å²) in [5.41, 5.74) is 18.2. The van der Waals surface area contributed by atoms with Crippen LogP contribution in [0.5, 0.6) is 0 Å². The van der Waals surface area contributed by atoms with Crippen LogP contribution in [0, 0.1) is 41.5 Å². The molecule has 6 aromatic rings. The number of hydrogen-bond acceptors (Lipinski definition) is 0. The molecule has 0 spiro atoms. The molecule has 0 heterocycles. The standard InChI is InChI=1S/2C21H20/c2*1-15-4-7-18(8-5-15)19-9-11-20(12-10-19)21-13-6-16(2)14-17(21)3/h2*4-14H,1-3H3. The second-order valence-electron chi connectivity index (χ2n) is 11.5. The molecule has 0 radical (unpaired) electrons. The Morgan fingerprint density at radius 1 is 0.238 bits per heavy atom. The minimum absolute atomic E-state index is 1.27. The van der Waals surface area contributed by atoms with E-state index in [1.54, 1.807) is 0 Å². The Morgan fingerprint density at radius 3 is 0.762 bits per heavy atom.